The van der Waals surface area contributed by atoms with Gasteiger partial charge < -0.3 is 10.7 Å². The summed E-state index contributed by atoms with van der Waals surface area (Å²) in [6, 6.07) is 2.69. The number of fused-ring (bicyclic) bond motifs is 1. The molecule has 74 valence electrons. The monoisotopic (exact) mass is 193 g/mol. The summed E-state index contributed by atoms with van der Waals surface area (Å²) in [7, 11) is 0. The molecule has 1 heterocycles. The molecule has 0 saturated carbocycles. The van der Waals surface area contributed by atoms with Gasteiger partial charge >= 0.3 is 0 Å². The van der Waals surface area contributed by atoms with Gasteiger partial charge in [0.15, 0.2) is 0 Å². The average molecular weight is 193 g/mol. The molecule has 1 aromatic heterocycles. The lowest BCUT2D eigenvalue weighted by molar-refractivity contribution is 0.630. The predicted molar refractivity (Wildman–Crippen MR) is 54.6 cm³/mol. The fourth-order valence-corrected chi connectivity index (χ4v) is 1.40. The van der Waals surface area contributed by atoms with Crippen LogP contribution in [0.15, 0.2) is 12.1 Å². The molecule has 0 saturated heterocycles. The SMILES string of the molecule is CC(C)c1nc2c(N)cc(F)cc2[nH]1. The van der Waals surface area contributed by atoms with Crippen molar-refractivity contribution in [3.63, 3.8) is 0 Å². The number of imidazole rings is 1. The zero-order valence-electron chi connectivity index (χ0n) is 8.13. The molecular formula is C10H12FN3. The molecule has 0 spiro atoms. The zero-order valence-corrected chi connectivity index (χ0v) is 8.13. The van der Waals surface area contributed by atoms with Crippen molar-refractivity contribution in [2.75, 3.05) is 5.73 Å². The minimum absolute atomic E-state index is 0.282. The third-order valence-corrected chi connectivity index (χ3v) is 2.15. The van der Waals surface area contributed by atoms with Gasteiger partial charge in [0.2, 0.25) is 0 Å². The summed E-state index contributed by atoms with van der Waals surface area (Å²) in [5, 5.41) is 0. The topological polar surface area (TPSA) is 54.7 Å². The quantitative estimate of drug-likeness (QED) is 0.683. The molecule has 0 radical (unpaired) electrons. The highest BCUT2D eigenvalue weighted by Crippen LogP contribution is 2.22. The van der Waals surface area contributed by atoms with E-state index in [1.165, 1.54) is 12.1 Å². The highest BCUT2D eigenvalue weighted by Gasteiger charge is 2.09. The maximum absolute atomic E-state index is 13.0. The zero-order chi connectivity index (χ0) is 10.3. The van der Waals surface area contributed by atoms with E-state index in [1.54, 1.807) is 0 Å². The van der Waals surface area contributed by atoms with Crippen molar-refractivity contribution in [1.29, 1.82) is 0 Å². The number of rotatable bonds is 1. The van der Waals surface area contributed by atoms with Crippen molar-refractivity contribution < 1.29 is 4.39 Å². The first-order valence-corrected chi connectivity index (χ1v) is 4.52. The second-order valence-corrected chi connectivity index (χ2v) is 3.67. The molecule has 0 fully saturated rings. The van der Waals surface area contributed by atoms with Crippen molar-refractivity contribution in [3.8, 4) is 0 Å². The number of nitrogen functional groups attached to an aromatic ring is 1. The number of hydrogen-bond acceptors (Lipinski definition) is 2. The van der Waals surface area contributed by atoms with Gasteiger partial charge in [0, 0.05) is 5.92 Å². The normalized spacial score (nSPS) is 11.4. The van der Waals surface area contributed by atoms with E-state index in [2.05, 4.69) is 9.97 Å². The van der Waals surface area contributed by atoms with Crippen LogP contribution in [0.5, 0.6) is 0 Å². The lowest BCUT2D eigenvalue weighted by atomic mass is 10.2. The van der Waals surface area contributed by atoms with Crippen LogP contribution in [0.1, 0.15) is 25.6 Å². The predicted octanol–water partition coefficient (Wildman–Crippen LogP) is 2.41. The van der Waals surface area contributed by atoms with Crippen LogP contribution in [0.25, 0.3) is 11.0 Å². The van der Waals surface area contributed by atoms with Gasteiger partial charge in [-0.1, -0.05) is 13.8 Å². The van der Waals surface area contributed by atoms with Crippen molar-refractivity contribution >= 4 is 16.7 Å². The number of benzene rings is 1. The molecule has 3 nitrogen and oxygen atoms in total. The number of halogens is 1. The number of aromatic amines is 1. The van der Waals surface area contributed by atoms with Crippen LogP contribution in [0.3, 0.4) is 0 Å². The van der Waals surface area contributed by atoms with E-state index < -0.39 is 0 Å². The fourth-order valence-electron chi connectivity index (χ4n) is 1.40. The molecule has 14 heavy (non-hydrogen) atoms. The van der Waals surface area contributed by atoms with Crippen LogP contribution in [0.4, 0.5) is 10.1 Å². The van der Waals surface area contributed by atoms with Crippen LogP contribution in [-0.4, -0.2) is 9.97 Å². The molecule has 0 aliphatic heterocycles. The fraction of sp³-hybridized carbons (Fsp3) is 0.300. The highest BCUT2D eigenvalue weighted by atomic mass is 19.1. The summed E-state index contributed by atoms with van der Waals surface area (Å²) in [4.78, 5) is 7.35. The number of H-pyrrole nitrogens is 1. The van der Waals surface area contributed by atoms with Crippen molar-refractivity contribution in [1.82, 2.24) is 9.97 Å². The highest BCUT2D eigenvalue weighted by molar-refractivity contribution is 5.87. The summed E-state index contributed by atoms with van der Waals surface area (Å²) >= 11 is 0. The van der Waals surface area contributed by atoms with E-state index in [0.29, 0.717) is 16.7 Å². The minimum atomic E-state index is -0.339. The molecule has 0 aliphatic rings. The van der Waals surface area contributed by atoms with E-state index in [-0.39, 0.29) is 11.7 Å². The summed E-state index contributed by atoms with van der Waals surface area (Å²) in [6.45, 7) is 4.04. The van der Waals surface area contributed by atoms with Crippen LogP contribution in [-0.2, 0) is 0 Å². The molecular weight excluding hydrogens is 181 g/mol. The number of nitrogens with one attached hydrogen (secondary N) is 1. The van der Waals surface area contributed by atoms with Gasteiger partial charge in [0.1, 0.15) is 17.2 Å². The van der Waals surface area contributed by atoms with Gasteiger partial charge in [-0.15, -0.1) is 0 Å². The molecule has 4 heteroatoms. The Morgan fingerprint density at radius 3 is 2.79 bits per heavy atom. The average Bonchev–Trinajstić information content (AvgIpc) is 2.47. The van der Waals surface area contributed by atoms with Crippen LogP contribution in [0, 0.1) is 5.82 Å². The first kappa shape index (κ1) is 8.99. The Labute approximate surface area is 81.1 Å². The molecule has 0 atom stereocenters. The van der Waals surface area contributed by atoms with Crippen molar-refractivity contribution in [3.05, 3.63) is 23.8 Å². The number of anilines is 1. The van der Waals surface area contributed by atoms with Gasteiger partial charge in [-0.25, -0.2) is 9.37 Å². The lowest BCUT2D eigenvalue weighted by Gasteiger charge is -1.95. The molecule has 0 bridgehead atoms. The molecule has 1 aromatic carbocycles. The second kappa shape index (κ2) is 2.97. The molecule has 0 unspecified atom stereocenters. The number of hydrogen-bond donors (Lipinski definition) is 2. The Hall–Kier alpha value is -1.58. The van der Waals surface area contributed by atoms with Gasteiger partial charge in [0.25, 0.3) is 0 Å². The van der Waals surface area contributed by atoms with Gasteiger partial charge in [-0.05, 0) is 12.1 Å². The number of nitrogens with two attached hydrogens (primary N) is 1. The largest absolute Gasteiger partial charge is 0.397 e. The lowest BCUT2D eigenvalue weighted by Crippen LogP contribution is -1.89. The molecule has 2 rings (SSSR count). The number of aromatic nitrogens is 2. The smallest absolute Gasteiger partial charge is 0.127 e. The van der Waals surface area contributed by atoms with E-state index in [0.717, 1.165) is 5.82 Å². The Balaban J connectivity index is 2.70. The molecule has 2 aromatic rings. The third kappa shape index (κ3) is 1.32. The van der Waals surface area contributed by atoms with Crippen molar-refractivity contribution in [2.24, 2.45) is 0 Å². The van der Waals surface area contributed by atoms with Crippen molar-refractivity contribution in [2.45, 2.75) is 19.8 Å². The van der Waals surface area contributed by atoms with E-state index >= 15 is 0 Å². The summed E-state index contributed by atoms with van der Waals surface area (Å²) in [5.41, 5.74) is 7.33. The van der Waals surface area contributed by atoms with Crippen LogP contribution in [0.2, 0.25) is 0 Å². The standard InChI is InChI=1S/C10H12FN3/c1-5(2)10-13-8-4-6(11)3-7(12)9(8)14-10/h3-5H,12H2,1-2H3,(H,13,14). The third-order valence-electron chi connectivity index (χ3n) is 2.15. The van der Waals surface area contributed by atoms with Crippen LogP contribution < -0.4 is 5.73 Å². The Kier molecular flexibility index (Phi) is 1.91. The summed E-state index contributed by atoms with van der Waals surface area (Å²) < 4.78 is 13.0. The maximum Gasteiger partial charge on any atom is 0.127 e. The summed E-state index contributed by atoms with van der Waals surface area (Å²) in [6.07, 6.45) is 0. The first-order chi connectivity index (χ1) is 6.58. The maximum atomic E-state index is 13.0. The molecule has 0 aliphatic carbocycles. The van der Waals surface area contributed by atoms with Gasteiger partial charge in [0.05, 0.1) is 11.2 Å². The van der Waals surface area contributed by atoms with E-state index in [4.69, 9.17) is 5.73 Å². The molecule has 3 N–H and O–H groups in total. The Morgan fingerprint density at radius 2 is 2.14 bits per heavy atom. The van der Waals surface area contributed by atoms with Gasteiger partial charge in [-0.2, -0.15) is 0 Å². The van der Waals surface area contributed by atoms with E-state index in [9.17, 15) is 4.39 Å². The number of nitrogens with zero attached hydrogens (tertiary/aromatic N) is 1. The van der Waals surface area contributed by atoms with Crippen LogP contribution >= 0.6 is 0 Å². The second-order valence-electron chi connectivity index (χ2n) is 3.67. The Morgan fingerprint density at radius 1 is 1.43 bits per heavy atom. The molecule has 0 amide bonds. The Bertz CT molecular complexity index is 473. The summed E-state index contributed by atoms with van der Waals surface area (Å²) in [5.74, 6) is 0.774. The van der Waals surface area contributed by atoms with Gasteiger partial charge in [-0.3, -0.25) is 0 Å². The first-order valence-electron chi connectivity index (χ1n) is 4.52. The van der Waals surface area contributed by atoms with E-state index in [1.807, 2.05) is 13.8 Å². The minimum Gasteiger partial charge on any atom is -0.397 e.